The first kappa shape index (κ1) is 6.05. The number of rotatable bonds is 3. The first-order chi connectivity index (χ1) is 3.83. The highest BCUT2D eigenvalue weighted by Gasteiger charge is 2.38. The number of hydrogen-bond acceptors (Lipinski definition) is 1. The second-order valence-electron chi connectivity index (χ2n) is 2.46. The van der Waals surface area contributed by atoms with Gasteiger partial charge in [-0.25, -0.2) is 0 Å². The van der Waals surface area contributed by atoms with Crippen molar-refractivity contribution in [2.45, 2.75) is 0 Å². The lowest BCUT2D eigenvalue weighted by molar-refractivity contribution is -0.794. The predicted octanol–water partition coefficient (Wildman–Crippen LogP) is -0.357. The molecule has 1 saturated heterocycles. The molecule has 0 aromatic rings. The summed E-state index contributed by atoms with van der Waals surface area (Å²) in [5.41, 5.74) is 0. The van der Waals surface area contributed by atoms with E-state index in [0.29, 0.717) is 6.61 Å². The molecule has 47 valence electrons. The molecule has 0 amide bonds. The van der Waals surface area contributed by atoms with Crippen LogP contribution in [0.2, 0.25) is 0 Å². The maximum absolute atomic E-state index is 8.53. The molecule has 1 aliphatic heterocycles. The third-order valence-electron chi connectivity index (χ3n) is 1.90. The number of nitrogens with zero attached hydrogens (tertiary/aromatic N) is 1. The van der Waals surface area contributed by atoms with Gasteiger partial charge in [0.1, 0.15) is 19.6 Å². The number of aliphatic hydroxyl groups excluding tert-OH is 1. The van der Waals surface area contributed by atoms with E-state index < -0.39 is 0 Å². The van der Waals surface area contributed by atoms with E-state index in [4.69, 9.17) is 5.11 Å². The normalized spacial score (nSPS) is 23.2. The lowest BCUT2D eigenvalue weighted by atomic mass is 10.5. The van der Waals surface area contributed by atoms with Crippen molar-refractivity contribution in [2.24, 2.45) is 0 Å². The van der Waals surface area contributed by atoms with E-state index in [1.54, 1.807) is 0 Å². The first-order valence-corrected chi connectivity index (χ1v) is 3.08. The van der Waals surface area contributed by atoms with Crippen LogP contribution in [0.1, 0.15) is 0 Å². The van der Waals surface area contributed by atoms with Crippen LogP contribution in [0.5, 0.6) is 0 Å². The minimum atomic E-state index is 0.315. The third-order valence-corrected chi connectivity index (χ3v) is 1.90. The summed E-state index contributed by atoms with van der Waals surface area (Å²) in [6.45, 7) is 8.42. The molecule has 2 heteroatoms. The summed E-state index contributed by atoms with van der Waals surface area (Å²) in [6.07, 6.45) is 0. The fraction of sp³-hybridized carbons (Fsp3) is 0.833. The molecule has 1 rings (SSSR count). The van der Waals surface area contributed by atoms with Gasteiger partial charge in [-0.3, -0.25) is 0 Å². The highest BCUT2D eigenvalue weighted by atomic mass is 16.3. The van der Waals surface area contributed by atoms with Gasteiger partial charge < -0.3 is 9.59 Å². The van der Waals surface area contributed by atoms with E-state index >= 15 is 0 Å². The minimum absolute atomic E-state index is 0.315. The average molecular weight is 115 g/mol. The molecule has 0 spiro atoms. The second kappa shape index (κ2) is 2.03. The Balaban J connectivity index is 2.20. The van der Waals surface area contributed by atoms with E-state index in [2.05, 4.69) is 6.92 Å². The standard InChI is InChI=1S/C6H13NO/c1-2-7(3-4-7)5-6-8/h8H,1-6H2/q+1. The largest absolute Gasteiger partial charge is 0.391 e. The van der Waals surface area contributed by atoms with Gasteiger partial charge in [0.15, 0.2) is 0 Å². The molecule has 1 fully saturated rings. The van der Waals surface area contributed by atoms with Crippen LogP contribution in [0, 0.1) is 6.92 Å². The third kappa shape index (κ3) is 1.01. The Morgan fingerprint density at radius 3 is 2.25 bits per heavy atom. The lowest BCUT2D eigenvalue weighted by Crippen LogP contribution is -2.28. The van der Waals surface area contributed by atoms with Gasteiger partial charge in [-0.1, -0.05) is 0 Å². The molecule has 8 heavy (non-hydrogen) atoms. The smallest absolute Gasteiger partial charge is 0.129 e. The Kier molecular flexibility index (Phi) is 1.54. The van der Waals surface area contributed by atoms with Crippen LogP contribution in [-0.2, 0) is 0 Å². The Hall–Kier alpha value is -0.0800. The Morgan fingerprint density at radius 1 is 1.50 bits per heavy atom. The molecule has 2 nitrogen and oxygen atoms in total. The maximum Gasteiger partial charge on any atom is 0.129 e. The summed E-state index contributed by atoms with van der Waals surface area (Å²) in [6, 6.07) is 0. The van der Waals surface area contributed by atoms with Gasteiger partial charge in [-0.05, 0) is 0 Å². The molecular weight excluding hydrogens is 102 g/mol. The zero-order chi connectivity index (χ0) is 6.04. The van der Waals surface area contributed by atoms with E-state index in [1.807, 2.05) is 0 Å². The maximum atomic E-state index is 8.53. The molecule has 0 atom stereocenters. The molecule has 0 bridgehead atoms. The first-order valence-electron chi connectivity index (χ1n) is 3.08. The van der Waals surface area contributed by atoms with Crippen LogP contribution in [0.3, 0.4) is 0 Å². The van der Waals surface area contributed by atoms with Crippen molar-refractivity contribution in [2.75, 3.05) is 32.8 Å². The highest BCUT2D eigenvalue weighted by Crippen LogP contribution is 2.18. The zero-order valence-electron chi connectivity index (χ0n) is 5.14. The number of aliphatic hydroxyl groups is 1. The fourth-order valence-corrected chi connectivity index (χ4v) is 0.913. The van der Waals surface area contributed by atoms with Crippen molar-refractivity contribution < 1.29 is 9.59 Å². The molecule has 1 N–H and O–H groups in total. The molecule has 0 aromatic heterocycles. The van der Waals surface area contributed by atoms with Crippen molar-refractivity contribution in [1.29, 1.82) is 0 Å². The summed E-state index contributed by atoms with van der Waals surface area (Å²) in [4.78, 5) is 0. The SMILES string of the molecule is [CH2]C[N+]1(CCO)CC1. The molecule has 0 aromatic carbocycles. The molecular formula is C6H13NO+. The highest BCUT2D eigenvalue weighted by molar-refractivity contribution is 4.56. The molecule has 1 aliphatic rings. The topological polar surface area (TPSA) is 20.2 Å². The molecule has 0 aliphatic carbocycles. The Bertz CT molecular complexity index is 78.6. The van der Waals surface area contributed by atoms with Crippen LogP contribution < -0.4 is 0 Å². The predicted molar refractivity (Wildman–Crippen MR) is 32.2 cm³/mol. The minimum Gasteiger partial charge on any atom is -0.391 e. The van der Waals surface area contributed by atoms with Crippen molar-refractivity contribution in [1.82, 2.24) is 0 Å². The number of quaternary nitrogens is 1. The van der Waals surface area contributed by atoms with Crippen molar-refractivity contribution in [3.63, 3.8) is 0 Å². The molecule has 1 heterocycles. The van der Waals surface area contributed by atoms with Gasteiger partial charge in [-0.15, -0.1) is 0 Å². The van der Waals surface area contributed by atoms with Gasteiger partial charge in [0.2, 0.25) is 0 Å². The van der Waals surface area contributed by atoms with Crippen molar-refractivity contribution in [3.8, 4) is 0 Å². The van der Waals surface area contributed by atoms with Gasteiger partial charge in [0.05, 0.1) is 13.2 Å². The van der Waals surface area contributed by atoms with Gasteiger partial charge >= 0.3 is 0 Å². The van der Waals surface area contributed by atoms with E-state index in [1.165, 1.54) is 13.1 Å². The average Bonchev–Trinajstić information content (AvgIpc) is 2.50. The monoisotopic (exact) mass is 115 g/mol. The van der Waals surface area contributed by atoms with Crippen LogP contribution in [-0.4, -0.2) is 42.4 Å². The van der Waals surface area contributed by atoms with Crippen LogP contribution in [0.4, 0.5) is 0 Å². The Labute approximate surface area is 50.3 Å². The summed E-state index contributed by atoms with van der Waals surface area (Å²) in [5, 5.41) is 8.53. The van der Waals surface area contributed by atoms with Gasteiger partial charge in [0, 0.05) is 6.92 Å². The van der Waals surface area contributed by atoms with Crippen LogP contribution in [0.25, 0.3) is 0 Å². The van der Waals surface area contributed by atoms with E-state index in [-0.39, 0.29) is 0 Å². The summed E-state index contributed by atoms with van der Waals surface area (Å²) in [5.74, 6) is 0. The molecule has 1 radical (unpaired) electrons. The van der Waals surface area contributed by atoms with Gasteiger partial charge in [0.25, 0.3) is 0 Å². The molecule has 0 unspecified atom stereocenters. The zero-order valence-corrected chi connectivity index (χ0v) is 5.14. The summed E-state index contributed by atoms with van der Waals surface area (Å²) >= 11 is 0. The van der Waals surface area contributed by atoms with E-state index in [9.17, 15) is 0 Å². The molecule has 0 saturated carbocycles. The van der Waals surface area contributed by atoms with Crippen molar-refractivity contribution >= 4 is 0 Å². The van der Waals surface area contributed by atoms with Crippen LogP contribution >= 0.6 is 0 Å². The Morgan fingerprint density at radius 2 is 2.12 bits per heavy atom. The van der Waals surface area contributed by atoms with Crippen molar-refractivity contribution in [3.05, 3.63) is 6.92 Å². The fourth-order valence-electron chi connectivity index (χ4n) is 0.913. The second-order valence-corrected chi connectivity index (χ2v) is 2.46. The lowest BCUT2D eigenvalue weighted by Gasteiger charge is -2.12. The summed E-state index contributed by atoms with van der Waals surface area (Å²) < 4.78 is 1.05. The quantitative estimate of drug-likeness (QED) is 0.393. The van der Waals surface area contributed by atoms with E-state index in [0.717, 1.165) is 17.6 Å². The van der Waals surface area contributed by atoms with Gasteiger partial charge in [-0.2, -0.15) is 0 Å². The number of hydrogen-bond donors (Lipinski definition) is 1. The van der Waals surface area contributed by atoms with Crippen LogP contribution in [0.15, 0.2) is 0 Å². The summed E-state index contributed by atoms with van der Waals surface area (Å²) in [7, 11) is 0.